The van der Waals surface area contributed by atoms with Gasteiger partial charge in [-0.3, -0.25) is 14.4 Å². The van der Waals surface area contributed by atoms with E-state index < -0.39 is 58.9 Å². The van der Waals surface area contributed by atoms with Gasteiger partial charge >= 0.3 is 23.9 Å². The van der Waals surface area contributed by atoms with Gasteiger partial charge < -0.3 is 24.6 Å². The topological polar surface area (TPSA) is 176 Å². The smallest absolute Gasteiger partial charge is 0.334 e. The summed E-state index contributed by atoms with van der Waals surface area (Å²) < 4.78 is 18.7. The van der Waals surface area contributed by atoms with Crippen LogP contribution in [0.2, 0.25) is 0 Å². The van der Waals surface area contributed by atoms with E-state index in [2.05, 4.69) is 15.6 Å². The molecule has 2 bridgehead atoms. The maximum atomic E-state index is 13.6. The van der Waals surface area contributed by atoms with Gasteiger partial charge in [0.25, 0.3) is 5.91 Å². The Morgan fingerprint density at radius 2 is 1.93 bits per heavy atom. The molecule has 5 rings (SSSR count). The normalized spacial score (nSPS) is 27.2. The van der Waals surface area contributed by atoms with Crippen LogP contribution in [-0.4, -0.2) is 67.7 Å². The molecule has 2 aromatic rings. The Morgan fingerprint density at radius 1 is 1.17 bits per heavy atom. The summed E-state index contributed by atoms with van der Waals surface area (Å²) in [5.41, 5.74) is -1.91. The molecule has 0 radical (unpaired) electrons. The molecule has 2 fully saturated rings. The van der Waals surface area contributed by atoms with E-state index in [4.69, 9.17) is 14.2 Å². The van der Waals surface area contributed by atoms with Crippen molar-refractivity contribution in [2.45, 2.75) is 70.6 Å². The fourth-order valence-corrected chi connectivity index (χ4v) is 6.90. The Hall–Kier alpha value is -5.07. The van der Waals surface area contributed by atoms with Crippen molar-refractivity contribution in [3.8, 4) is 5.69 Å². The van der Waals surface area contributed by atoms with E-state index in [1.165, 1.54) is 19.9 Å². The van der Waals surface area contributed by atoms with Crippen molar-refractivity contribution in [1.82, 2.24) is 20.3 Å². The summed E-state index contributed by atoms with van der Waals surface area (Å²) >= 11 is 0. The van der Waals surface area contributed by atoms with Crippen molar-refractivity contribution in [3.05, 3.63) is 77.7 Å². The average molecular weight is 633 g/mol. The number of hydrogen-bond acceptors (Lipinski definition) is 10. The second-order valence-corrected chi connectivity index (χ2v) is 12.0. The first-order valence-electron chi connectivity index (χ1n) is 15.0. The van der Waals surface area contributed by atoms with Crippen LogP contribution < -0.4 is 5.32 Å². The highest BCUT2D eigenvalue weighted by Crippen LogP contribution is 2.65. The lowest BCUT2D eigenvalue weighted by molar-refractivity contribution is -0.235. The summed E-state index contributed by atoms with van der Waals surface area (Å²) in [7, 11) is 0. The summed E-state index contributed by atoms with van der Waals surface area (Å²) in [6.45, 7) is 4.11. The van der Waals surface area contributed by atoms with Gasteiger partial charge in [-0.1, -0.05) is 41.6 Å². The molecule has 0 spiro atoms. The van der Waals surface area contributed by atoms with E-state index in [0.29, 0.717) is 18.5 Å². The molecule has 2 aliphatic carbocycles. The maximum absolute atomic E-state index is 13.6. The Kier molecular flexibility index (Phi) is 8.95. The first-order chi connectivity index (χ1) is 21.9. The molecule has 2 N–H and O–H groups in total. The number of aliphatic carboxylic acids is 1. The monoisotopic (exact) mass is 632 g/mol. The zero-order valence-electron chi connectivity index (χ0n) is 25.9. The third-order valence-corrected chi connectivity index (χ3v) is 9.15. The lowest BCUT2D eigenvalue weighted by Gasteiger charge is -2.54. The van der Waals surface area contributed by atoms with Crippen LogP contribution >= 0.6 is 0 Å². The number of amides is 1. The summed E-state index contributed by atoms with van der Waals surface area (Å²) in [5, 5.41) is 20.3. The molecule has 2 heterocycles. The van der Waals surface area contributed by atoms with Gasteiger partial charge in [0.2, 0.25) is 0 Å². The van der Waals surface area contributed by atoms with E-state index in [9.17, 15) is 29.1 Å². The number of carboxylic acids is 1. The van der Waals surface area contributed by atoms with E-state index in [0.717, 1.165) is 5.69 Å². The average Bonchev–Trinajstić information content (AvgIpc) is 3.54. The Balaban J connectivity index is 1.20. The molecule has 1 aromatic carbocycles. The van der Waals surface area contributed by atoms with Crippen LogP contribution in [0.15, 0.2) is 72.0 Å². The number of rotatable bonds is 10. The second-order valence-electron chi connectivity index (χ2n) is 12.0. The minimum absolute atomic E-state index is 0.100. The number of cyclic esters (lactones) is 1. The zero-order valence-corrected chi connectivity index (χ0v) is 25.9. The molecule has 242 valence electrons. The quantitative estimate of drug-likeness (QED) is 0.170. The van der Waals surface area contributed by atoms with Crippen LogP contribution in [0.5, 0.6) is 0 Å². The van der Waals surface area contributed by atoms with Gasteiger partial charge in [0, 0.05) is 24.0 Å². The fourth-order valence-electron chi connectivity index (χ4n) is 6.90. The SMILES string of the molecule is CC(=O)OC12CCC(C(=O)O)=CCC13CCC2C(C)(/C=C/C=C(\C)C(=O)OCC(=O)NCc1cn(-c2ccccc2)nn1)OC3=O. The number of benzene rings is 1. The van der Waals surface area contributed by atoms with Gasteiger partial charge in [0.15, 0.2) is 6.61 Å². The number of aromatic nitrogens is 3. The summed E-state index contributed by atoms with van der Waals surface area (Å²) in [5.74, 6) is -3.86. The number of esters is 3. The molecule has 3 aliphatic rings. The van der Waals surface area contributed by atoms with Crippen molar-refractivity contribution in [2.75, 3.05) is 6.61 Å². The molecule has 1 saturated heterocycles. The van der Waals surface area contributed by atoms with E-state index in [1.54, 1.807) is 36.0 Å². The molecule has 1 saturated carbocycles. The zero-order chi connectivity index (χ0) is 33.1. The van der Waals surface area contributed by atoms with Crippen LogP contribution in [0.4, 0.5) is 0 Å². The van der Waals surface area contributed by atoms with E-state index >= 15 is 0 Å². The highest BCUT2D eigenvalue weighted by atomic mass is 16.6. The number of hydrogen-bond donors (Lipinski definition) is 2. The lowest BCUT2D eigenvalue weighted by atomic mass is 9.62. The molecule has 13 heteroatoms. The van der Waals surface area contributed by atoms with E-state index in [1.807, 2.05) is 30.3 Å². The number of nitrogens with one attached hydrogen (secondary N) is 1. The molecule has 4 atom stereocenters. The number of nitrogens with zero attached hydrogens (tertiary/aromatic N) is 3. The Morgan fingerprint density at radius 3 is 2.65 bits per heavy atom. The van der Waals surface area contributed by atoms with Gasteiger partial charge in [-0.15, -0.1) is 5.10 Å². The van der Waals surface area contributed by atoms with Gasteiger partial charge in [-0.25, -0.2) is 14.3 Å². The standard InChI is InChI=1S/C33H36N4O9/c1-21(29(42)44-20-27(39)34-18-24-19-37(36-35-24)25-9-5-4-6-10-25)8-7-14-31(3)26-13-16-32(30(43)46-31)15-11-23(28(40)41)12-17-33(26,32)45-22(2)38/h4-11,14,19,26H,12-13,15-18,20H2,1-3H3,(H,34,39)(H,40,41)/b14-7+,21-8+. The highest BCUT2D eigenvalue weighted by molar-refractivity contribution is 5.90. The summed E-state index contributed by atoms with van der Waals surface area (Å²) in [6, 6.07) is 9.38. The van der Waals surface area contributed by atoms with Gasteiger partial charge in [-0.05, 0) is 64.2 Å². The third-order valence-electron chi connectivity index (χ3n) is 9.15. The number of carboxylic acid groups (broad SMARTS) is 1. The third kappa shape index (κ3) is 6.09. The molecule has 1 aromatic heterocycles. The van der Waals surface area contributed by atoms with Crippen molar-refractivity contribution >= 4 is 29.8 Å². The maximum Gasteiger partial charge on any atom is 0.334 e. The number of ether oxygens (including phenoxy) is 3. The number of para-hydroxylation sites is 1. The summed E-state index contributed by atoms with van der Waals surface area (Å²) in [6.07, 6.45) is 9.21. The van der Waals surface area contributed by atoms with Crippen LogP contribution in [-0.2, 0) is 44.7 Å². The Labute approximate surface area is 265 Å². The fraction of sp³-hybridized carbons (Fsp3) is 0.424. The van der Waals surface area contributed by atoms with Crippen LogP contribution in [0.3, 0.4) is 0 Å². The molecular weight excluding hydrogens is 596 g/mol. The van der Waals surface area contributed by atoms with E-state index in [-0.39, 0.29) is 37.0 Å². The van der Waals surface area contributed by atoms with Gasteiger partial charge in [-0.2, -0.15) is 0 Å². The molecule has 4 unspecified atom stereocenters. The Bertz CT molecular complexity index is 1640. The minimum atomic E-state index is -1.25. The van der Waals surface area contributed by atoms with Crippen LogP contribution in [0.1, 0.15) is 58.6 Å². The summed E-state index contributed by atoms with van der Waals surface area (Å²) in [4.78, 5) is 62.6. The lowest BCUT2D eigenvalue weighted by Crippen LogP contribution is -2.65. The first kappa shape index (κ1) is 32.3. The van der Waals surface area contributed by atoms with Crippen molar-refractivity contribution in [3.63, 3.8) is 0 Å². The second kappa shape index (κ2) is 12.7. The molecule has 1 aliphatic heterocycles. The number of carbonyl (C=O) groups is 5. The molecular formula is C33H36N4O9. The number of allylic oxidation sites excluding steroid dienone is 3. The van der Waals surface area contributed by atoms with Gasteiger partial charge in [0.1, 0.15) is 22.3 Å². The van der Waals surface area contributed by atoms with Crippen LogP contribution in [0.25, 0.3) is 5.69 Å². The predicted molar refractivity (Wildman–Crippen MR) is 161 cm³/mol. The molecule has 13 nitrogen and oxygen atoms in total. The van der Waals surface area contributed by atoms with Gasteiger partial charge in [0.05, 0.1) is 18.4 Å². The van der Waals surface area contributed by atoms with Crippen molar-refractivity contribution in [1.29, 1.82) is 0 Å². The molecule has 46 heavy (non-hydrogen) atoms. The van der Waals surface area contributed by atoms with Crippen molar-refractivity contribution < 1.29 is 43.3 Å². The number of carbonyl (C=O) groups excluding carboxylic acids is 4. The van der Waals surface area contributed by atoms with Crippen molar-refractivity contribution in [2.24, 2.45) is 11.3 Å². The highest BCUT2D eigenvalue weighted by Gasteiger charge is 2.74. The minimum Gasteiger partial charge on any atom is -0.478 e. The predicted octanol–water partition coefficient (Wildman–Crippen LogP) is 3.14. The molecule has 1 amide bonds. The largest absolute Gasteiger partial charge is 0.478 e. The van der Waals surface area contributed by atoms with Crippen LogP contribution in [0, 0.1) is 11.3 Å². The first-order valence-corrected chi connectivity index (χ1v) is 15.0.